The molecular formula is C23H33NO3. The standard InChI is InChI=1S/C23H33NO3/c1-3-17(13-25)22(26)24-14-23(15-24)11-9-18(10-12-23)20-5-4-6-21(16(20)2)27-19-7-8-19/h4-6,17-19,25H,3,7-15H2,1-2H3/t17-/m1/s1. The Balaban J connectivity index is 1.34. The molecule has 2 aliphatic carbocycles. The fraction of sp³-hybridized carbons (Fsp3) is 0.696. The van der Waals surface area contributed by atoms with E-state index in [1.807, 2.05) is 11.8 Å². The van der Waals surface area contributed by atoms with Gasteiger partial charge in [-0.05, 0) is 75.0 Å². The minimum Gasteiger partial charge on any atom is -0.490 e. The van der Waals surface area contributed by atoms with Gasteiger partial charge in [-0.15, -0.1) is 0 Å². The van der Waals surface area contributed by atoms with Crippen LogP contribution in [0.15, 0.2) is 18.2 Å². The zero-order valence-corrected chi connectivity index (χ0v) is 16.7. The quantitative estimate of drug-likeness (QED) is 0.821. The summed E-state index contributed by atoms with van der Waals surface area (Å²) in [6, 6.07) is 6.54. The van der Waals surface area contributed by atoms with Gasteiger partial charge in [0, 0.05) is 18.5 Å². The van der Waals surface area contributed by atoms with Gasteiger partial charge in [-0.1, -0.05) is 19.1 Å². The number of ether oxygens (including phenoxy) is 1. The zero-order chi connectivity index (χ0) is 19.0. The molecule has 4 heteroatoms. The lowest BCUT2D eigenvalue weighted by atomic mass is 9.64. The number of aliphatic hydroxyl groups is 1. The number of carbonyl (C=O) groups excluding carboxylic acids is 1. The molecule has 1 aromatic carbocycles. The second kappa shape index (κ2) is 7.46. The van der Waals surface area contributed by atoms with Crippen molar-refractivity contribution >= 4 is 5.91 Å². The molecule has 1 atom stereocenters. The van der Waals surface area contributed by atoms with Crippen LogP contribution in [0.3, 0.4) is 0 Å². The van der Waals surface area contributed by atoms with Gasteiger partial charge in [-0.3, -0.25) is 4.79 Å². The molecule has 0 bridgehead atoms. The summed E-state index contributed by atoms with van der Waals surface area (Å²) < 4.78 is 6.08. The van der Waals surface area contributed by atoms with Crippen molar-refractivity contribution in [2.45, 2.75) is 70.8 Å². The van der Waals surface area contributed by atoms with Gasteiger partial charge < -0.3 is 14.7 Å². The molecule has 1 saturated heterocycles. The van der Waals surface area contributed by atoms with Crippen LogP contribution in [0.5, 0.6) is 5.75 Å². The number of rotatable bonds is 6. The average Bonchev–Trinajstić information content (AvgIpc) is 3.47. The van der Waals surface area contributed by atoms with Crippen LogP contribution in [0.25, 0.3) is 0 Å². The van der Waals surface area contributed by atoms with Crippen molar-refractivity contribution < 1.29 is 14.6 Å². The molecule has 1 N–H and O–H groups in total. The number of amides is 1. The van der Waals surface area contributed by atoms with Gasteiger partial charge >= 0.3 is 0 Å². The van der Waals surface area contributed by atoms with E-state index in [0.29, 0.717) is 17.4 Å². The Morgan fingerprint density at radius 3 is 2.56 bits per heavy atom. The Bertz CT molecular complexity index is 677. The second-order valence-electron chi connectivity index (χ2n) is 9.04. The molecule has 0 radical (unpaired) electrons. The van der Waals surface area contributed by atoms with E-state index in [1.165, 1.54) is 49.7 Å². The number of benzene rings is 1. The second-order valence-corrected chi connectivity index (χ2v) is 9.04. The molecule has 1 spiro atoms. The summed E-state index contributed by atoms with van der Waals surface area (Å²) in [6.07, 6.45) is 8.35. The number of aliphatic hydroxyl groups excluding tert-OH is 1. The van der Waals surface area contributed by atoms with Gasteiger partial charge in [0.2, 0.25) is 5.91 Å². The Hall–Kier alpha value is -1.55. The summed E-state index contributed by atoms with van der Waals surface area (Å²) in [5, 5.41) is 9.38. The zero-order valence-electron chi connectivity index (χ0n) is 16.7. The van der Waals surface area contributed by atoms with E-state index in [2.05, 4.69) is 25.1 Å². The SMILES string of the molecule is CC[C@H](CO)C(=O)N1CC2(CCC(c3cccc(OC4CC4)c3C)CC2)C1. The normalized spacial score (nSPS) is 23.1. The van der Waals surface area contributed by atoms with Crippen LogP contribution in [-0.2, 0) is 4.79 Å². The Morgan fingerprint density at radius 1 is 1.26 bits per heavy atom. The van der Waals surface area contributed by atoms with Crippen molar-refractivity contribution in [2.24, 2.45) is 11.3 Å². The summed E-state index contributed by atoms with van der Waals surface area (Å²) in [4.78, 5) is 14.4. The molecule has 4 nitrogen and oxygen atoms in total. The fourth-order valence-electron chi connectivity index (χ4n) is 4.98. The first-order valence-corrected chi connectivity index (χ1v) is 10.7. The smallest absolute Gasteiger partial charge is 0.228 e. The summed E-state index contributed by atoms with van der Waals surface area (Å²) in [5.41, 5.74) is 3.11. The molecule has 3 fully saturated rings. The first kappa shape index (κ1) is 18.8. The van der Waals surface area contributed by atoms with E-state index < -0.39 is 0 Å². The predicted molar refractivity (Wildman–Crippen MR) is 106 cm³/mol. The van der Waals surface area contributed by atoms with Crippen LogP contribution >= 0.6 is 0 Å². The number of carbonyl (C=O) groups is 1. The maximum absolute atomic E-state index is 12.4. The molecule has 3 aliphatic rings. The lowest BCUT2D eigenvalue weighted by molar-refractivity contribution is -0.151. The highest BCUT2D eigenvalue weighted by molar-refractivity contribution is 5.80. The highest BCUT2D eigenvalue weighted by Crippen LogP contribution is 2.49. The minimum absolute atomic E-state index is 0.0283. The summed E-state index contributed by atoms with van der Waals surface area (Å²) in [7, 11) is 0. The van der Waals surface area contributed by atoms with Crippen molar-refractivity contribution in [3.8, 4) is 5.75 Å². The third kappa shape index (κ3) is 3.73. The maximum atomic E-state index is 12.4. The van der Waals surface area contributed by atoms with Crippen LogP contribution in [0.2, 0.25) is 0 Å². The molecule has 1 aromatic rings. The van der Waals surface area contributed by atoms with Crippen LogP contribution in [0.1, 0.15) is 68.9 Å². The third-order valence-corrected chi connectivity index (χ3v) is 7.06. The molecule has 2 saturated carbocycles. The van der Waals surface area contributed by atoms with Crippen molar-refractivity contribution in [2.75, 3.05) is 19.7 Å². The van der Waals surface area contributed by atoms with Gasteiger partial charge in [-0.2, -0.15) is 0 Å². The van der Waals surface area contributed by atoms with Crippen LogP contribution in [-0.4, -0.2) is 41.7 Å². The highest BCUT2D eigenvalue weighted by atomic mass is 16.5. The number of likely N-dealkylation sites (tertiary alicyclic amines) is 1. The van der Waals surface area contributed by atoms with Gasteiger partial charge in [0.15, 0.2) is 0 Å². The minimum atomic E-state index is -0.212. The van der Waals surface area contributed by atoms with Crippen molar-refractivity contribution in [3.63, 3.8) is 0 Å². The van der Waals surface area contributed by atoms with Crippen LogP contribution in [0.4, 0.5) is 0 Å². The van der Waals surface area contributed by atoms with Gasteiger partial charge in [-0.25, -0.2) is 0 Å². The Labute approximate surface area is 162 Å². The van der Waals surface area contributed by atoms with E-state index in [-0.39, 0.29) is 18.4 Å². The molecule has 1 heterocycles. The van der Waals surface area contributed by atoms with Crippen molar-refractivity contribution in [1.82, 2.24) is 4.90 Å². The van der Waals surface area contributed by atoms with Gasteiger partial charge in [0.25, 0.3) is 0 Å². The van der Waals surface area contributed by atoms with E-state index in [9.17, 15) is 9.90 Å². The number of nitrogens with zero attached hydrogens (tertiary/aromatic N) is 1. The molecule has 0 aromatic heterocycles. The number of hydrogen-bond acceptors (Lipinski definition) is 3. The highest BCUT2D eigenvalue weighted by Gasteiger charge is 2.47. The summed E-state index contributed by atoms with van der Waals surface area (Å²) in [6.45, 7) is 5.93. The first-order chi connectivity index (χ1) is 13.0. The predicted octanol–water partition coefficient (Wildman–Crippen LogP) is 4.04. The lowest BCUT2D eigenvalue weighted by Gasteiger charge is -2.54. The monoisotopic (exact) mass is 371 g/mol. The topological polar surface area (TPSA) is 49.8 Å². The molecule has 27 heavy (non-hydrogen) atoms. The van der Waals surface area contributed by atoms with Gasteiger partial charge in [0.05, 0.1) is 18.6 Å². The molecule has 1 amide bonds. The molecular weight excluding hydrogens is 338 g/mol. The van der Waals surface area contributed by atoms with Crippen LogP contribution < -0.4 is 4.74 Å². The summed E-state index contributed by atoms with van der Waals surface area (Å²) in [5.74, 6) is 1.62. The maximum Gasteiger partial charge on any atom is 0.228 e. The van der Waals surface area contributed by atoms with E-state index in [0.717, 1.165) is 25.3 Å². The lowest BCUT2D eigenvalue weighted by Crippen LogP contribution is -2.60. The Kier molecular flexibility index (Phi) is 5.19. The van der Waals surface area contributed by atoms with Crippen molar-refractivity contribution in [3.05, 3.63) is 29.3 Å². The Morgan fingerprint density at radius 2 is 1.96 bits per heavy atom. The number of hydrogen-bond donors (Lipinski definition) is 1. The molecule has 0 unspecified atom stereocenters. The van der Waals surface area contributed by atoms with E-state index >= 15 is 0 Å². The van der Waals surface area contributed by atoms with Crippen molar-refractivity contribution in [1.29, 1.82) is 0 Å². The molecule has 1 aliphatic heterocycles. The van der Waals surface area contributed by atoms with E-state index in [4.69, 9.17) is 4.74 Å². The van der Waals surface area contributed by atoms with Gasteiger partial charge in [0.1, 0.15) is 5.75 Å². The fourth-order valence-corrected chi connectivity index (χ4v) is 4.98. The largest absolute Gasteiger partial charge is 0.490 e. The third-order valence-electron chi connectivity index (χ3n) is 7.06. The van der Waals surface area contributed by atoms with Crippen LogP contribution in [0, 0.1) is 18.3 Å². The average molecular weight is 372 g/mol. The molecule has 4 rings (SSSR count). The molecule has 148 valence electrons. The summed E-state index contributed by atoms with van der Waals surface area (Å²) >= 11 is 0. The first-order valence-electron chi connectivity index (χ1n) is 10.7. The van der Waals surface area contributed by atoms with E-state index in [1.54, 1.807) is 0 Å².